The highest BCUT2D eigenvalue weighted by molar-refractivity contribution is 5.80. The fraction of sp³-hybridized carbons (Fsp3) is 0.778. The molecule has 1 aliphatic carbocycles. The molecule has 2 saturated heterocycles. The van der Waals surface area contributed by atoms with Crippen molar-refractivity contribution in [3.8, 4) is 0 Å². The number of carbonyl (C=O) groups excluding carboxylic acids is 1. The van der Waals surface area contributed by atoms with Crippen LogP contribution in [0.4, 0.5) is 0 Å². The minimum atomic E-state index is 0.193. The molecular formula is C18H27N3O3. The van der Waals surface area contributed by atoms with Gasteiger partial charge in [0.05, 0.1) is 18.4 Å². The van der Waals surface area contributed by atoms with Gasteiger partial charge in [-0.15, -0.1) is 0 Å². The number of hydrogen-bond acceptors (Lipinski definition) is 5. The highest BCUT2D eigenvalue weighted by Gasteiger charge is 2.41. The van der Waals surface area contributed by atoms with E-state index in [2.05, 4.69) is 15.4 Å². The van der Waals surface area contributed by atoms with Crippen molar-refractivity contribution in [1.82, 2.24) is 15.4 Å². The Kier molecular flexibility index (Phi) is 4.35. The number of carbonyl (C=O) groups is 1. The zero-order valence-electron chi connectivity index (χ0n) is 14.6. The molecule has 3 heterocycles. The van der Waals surface area contributed by atoms with Crippen molar-refractivity contribution in [2.45, 2.75) is 45.8 Å². The summed E-state index contributed by atoms with van der Waals surface area (Å²) in [4.78, 5) is 14.3. The fourth-order valence-electron chi connectivity index (χ4n) is 4.16. The molecule has 1 aromatic heterocycles. The van der Waals surface area contributed by atoms with Gasteiger partial charge >= 0.3 is 0 Å². The van der Waals surface area contributed by atoms with Crippen molar-refractivity contribution < 1.29 is 14.1 Å². The molecule has 0 unspecified atom stereocenters. The van der Waals surface area contributed by atoms with Crippen LogP contribution in [0.15, 0.2) is 4.52 Å². The second-order valence-electron chi connectivity index (χ2n) is 7.64. The number of nitrogens with one attached hydrogen (secondary N) is 1. The summed E-state index contributed by atoms with van der Waals surface area (Å²) in [5.41, 5.74) is 2.22. The number of ether oxygens (including phenoxy) is 1. The Hall–Kier alpha value is -1.40. The summed E-state index contributed by atoms with van der Waals surface area (Å²) in [7, 11) is 0. The van der Waals surface area contributed by atoms with Gasteiger partial charge in [0.1, 0.15) is 5.76 Å². The Bertz CT molecular complexity index is 591. The third kappa shape index (κ3) is 3.22. The maximum atomic E-state index is 11.8. The lowest BCUT2D eigenvalue weighted by molar-refractivity contribution is -0.122. The Morgan fingerprint density at radius 3 is 2.88 bits per heavy atom. The molecular weight excluding hydrogens is 306 g/mol. The van der Waals surface area contributed by atoms with Gasteiger partial charge in [0, 0.05) is 37.0 Å². The minimum Gasteiger partial charge on any atom is -0.376 e. The molecule has 2 aliphatic heterocycles. The summed E-state index contributed by atoms with van der Waals surface area (Å²) in [6.07, 6.45) is 3.44. The summed E-state index contributed by atoms with van der Waals surface area (Å²) in [5, 5.41) is 7.14. The number of fused-ring (bicyclic) bond motifs is 1. The van der Waals surface area contributed by atoms with Gasteiger partial charge in [0.2, 0.25) is 5.91 Å². The SMILES string of the molecule is Cc1noc(C)c1CN1CC[C@@H]2[C@@H](CO[C@@H]2CNC(=O)C2CC2)C1. The number of amides is 1. The second kappa shape index (κ2) is 6.48. The van der Waals surface area contributed by atoms with E-state index in [0.717, 1.165) is 57.0 Å². The third-order valence-electron chi connectivity index (χ3n) is 5.87. The average Bonchev–Trinajstić information content (AvgIpc) is 3.29. The predicted octanol–water partition coefficient (Wildman–Crippen LogP) is 1.65. The van der Waals surface area contributed by atoms with Gasteiger partial charge in [-0.05, 0) is 45.6 Å². The Morgan fingerprint density at radius 2 is 2.17 bits per heavy atom. The normalized spacial score (nSPS) is 30.3. The van der Waals surface area contributed by atoms with Crippen LogP contribution in [0.25, 0.3) is 0 Å². The van der Waals surface area contributed by atoms with Crippen LogP contribution in [-0.4, -0.2) is 48.3 Å². The van der Waals surface area contributed by atoms with Gasteiger partial charge in [-0.2, -0.15) is 0 Å². The van der Waals surface area contributed by atoms with Crippen LogP contribution < -0.4 is 5.32 Å². The molecule has 3 atom stereocenters. The van der Waals surface area contributed by atoms with Crippen molar-refractivity contribution in [2.75, 3.05) is 26.2 Å². The Morgan fingerprint density at radius 1 is 1.33 bits per heavy atom. The maximum Gasteiger partial charge on any atom is 0.223 e. The minimum absolute atomic E-state index is 0.193. The molecule has 6 heteroatoms. The largest absolute Gasteiger partial charge is 0.376 e. The molecule has 1 aromatic rings. The molecule has 3 fully saturated rings. The molecule has 0 radical (unpaired) electrons. The summed E-state index contributed by atoms with van der Waals surface area (Å²) in [6, 6.07) is 0. The maximum absolute atomic E-state index is 11.8. The zero-order valence-corrected chi connectivity index (χ0v) is 14.6. The highest BCUT2D eigenvalue weighted by Crippen LogP contribution is 2.35. The van der Waals surface area contributed by atoms with Gasteiger partial charge in [0.25, 0.3) is 0 Å². The van der Waals surface area contributed by atoms with Crippen molar-refractivity contribution in [3.05, 3.63) is 17.0 Å². The number of aryl methyl sites for hydroxylation is 2. The van der Waals surface area contributed by atoms with Crippen LogP contribution in [0.2, 0.25) is 0 Å². The molecule has 24 heavy (non-hydrogen) atoms. The van der Waals surface area contributed by atoms with Crippen LogP contribution in [0, 0.1) is 31.6 Å². The molecule has 3 aliphatic rings. The van der Waals surface area contributed by atoms with E-state index in [1.54, 1.807) is 0 Å². The first-order valence-electron chi connectivity index (χ1n) is 9.15. The monoisotopic (exact) mass is 333 g/mol. The quantitative estimate of drug-likeness (QED) is 0.887. The average molecular weight is 333 g/mol. The molecule has 1 N–H and O–H groups in total. The predicted molar refractivity (Wildman–Crippen MR) is 88.3 cm³/mol. The smallest absolute Gasteiger partial charge is 0.223 e. The van der Waals surface area contributed by atoms with Gasteiger partial charge < -0.3 is 14.6 Å². The van der Waals surface area contributed by atoms with Crippen molar-refractivity contribution >= 4 is 5.91 Å². The van der Waals surface area contributed by atoms with Gasteiger partial charge in [-0.3, -0.25) is 9.69 Å². The van der Waals surface area contributed by atoms with E-state index in [4.69, 9.17) is 9.26 Å². The second-order valence-corrected chi connectivity index (χ2v) is 7.64. The Balaban J connectivity index is 1.30. The first-order valence-corrected chi connectivity index (χ1v) is 9.15. The van der Waals surface area contributed by atoms with Crippen LogP contribution in [0.3, 0.4) is 0 Å². The van der Waals surface area contributed by atoms with E-state index in [-0.39, 0.29) is 17.9 Å². The highest BCUT2D eigenvalue weighted by atomic mass is 16.5. The summed E-state index contributed by atoms with van der Waals surface area (Å²) in [5.74, 6) is 2.57. The van der Waals surface area contributed by atoms with Crippen molar-refractivity contribution in [3.63, 3.8) is 0 Å². The molecule has 4 rings (SSSR count). The van der Waals surface area contributed by atoms with Crippen LogP contribution in [0.5, 0.6) is 0 Å². The third-order valence-corrected chi connectivity index (χ3v) is 5.87. The molecule has 132 valence electrons. The standard InChI is InChI=1S/C18H27N3O3/c1-11-16(12(2)24-20-11)9-21-6-5-15-14(8-21)10-23-17(15)7-19-18(22)13-3-4-13/h13-15,17H,3-10H2,1-2H3,(H,19,22)/t14-,15-,17-/m1/s1. The first kappa shape index (κ1) is 16.1. The van der Waals surface area contributed by atoms with Crippen LogP contribution in [-0.2, 0) is 16.1 Å². The molecule has 0 bridgehead atoms. The van der Waals surface area contributed by atoms with E-state index >= 15 is 0 Å². The summed E-state index contributed by atoms with van der Waals surface area (Å²) < 4.78 is 11.3. The molecule has 0 aromatic carbocycles. The van der Waals surface area contributed by atoms with E-state index in [9.17, 15) is 4.79 Å². The molecule has 1 amide bonds. The van der Waals surface area contributed by atoms with E-state index in [0.29, 0.717) is 18.4 Å². The van der Waals surface area contributed by atoms with Crippen molar-refractivity contribution in [2.24, 2.45) is 17.8 Å². The van der Waals surface area contributed by atoms with Crippen LogP contribution in [0.1, 0.15) is 36.3 Å². The van der Waals surface area contributed by atoms with Crippen LogP contribution >= 0.6 is 0 Å². The van der Waals surface area contributed by atoms with E-state index < -0.39 is 0 Å². The first-order chi connectivity index (χ1) is 11.6. The summed E-state index contributed by atoms with van der Waals surface area (Å²) in [6.45, 7) is 8.53. The number of piperidine rings is 1. The summed E-state index contributed by atoms with van der Waals surface area (Å²) >= 11 is 0. The topological polar surface area (TPSA) is 67.6 Å². The van der Waals surface area contributed by atoms with Crippen molar-refractivity contribution in [1.29, 1.82) is 0 Å². The lowest BCUT2D eigenvalue weighted by atomic mass is 9.84. The van der Waals surface area contributed by atoms with E-state index in [1.165, 1.54) is 5.56 Å². The lowest BCUT2D eigenvalue weighted by Gasteiger charge is -2.35. The molecule has 0 spiro atoms. The number of nitrogens with zero attached hydrogens (tertiary/aromatic N) is 2. The van der Waals surface area contributed by atoms with E-state index in [1.807, 2.05) is 13.8 Å². The number of rotatable bonds is 5. The number of aromatic nitrogens is 1. The zero-order chi connectivity index (χ0) is 16.7. The number of hydrogen-bond donors (Lipinski definition) is 1. The number of likely N-dealkylation sites (tertiary alicyclic amines) is 1. The lowest BCUT2D eigenvalue weighted by Crippen LogP contribution is -2.43. The fourth-order valence-corrected chi connectivity index (χ4v) is 4.16. The molecule has 6 nitrogen and oxygen atoms in total. The van der Waals surface area contributed by atoms with Gasteiger partial charge in [-0.1, -0.05) is 5.16 Å². The molecule has 1 saturated carbocycles. The van der Waals surface area contributed by atoms with Gasteiger partial charge in [-0.25, -0.2) is 0 Å². The Labute approximate surface area is 142 Å². The van der Waals surface area contributed by atoms with Gasteiger partial charge in [0.15, 0.2) is 0 Å².